The lowest BCUT2D eigenvalue weighted by atomic mass is 9.98. The van der Waals surface area contributed by atoms with Gasteiger partial charge in [-0.15, -0.1) is 0 Å². The number of hydrogen-bond acceptors (Lipinski definition) is 2. The van der Waals surface area contributed by atoms with Gasteiger partial charge in [0.15, 0.2) is 5.78 Å². The Hall–Kier alpha value is -3.39. The van der Waals surface area contributed by atoms with E-state index in [1.54, 1.807) is 6.08 Å². The van der Waals surface area contributed by atoms with Crippen LogP contribution in [0.5, 0.6) is 5.75 Å². The number of ketones is 1. The van der Waals surface area contributed by atoms with E-state index in [9.17, 15) is 4.79 Å². The number of carbonyl (C=O) groups excluding carboxylic acids is 1. The van der Waals surface area contributed by atoms with Gasteiger partial charge in [0.25, 0.3) is 0 Å². The van der Waals surface area contributed by atoms with Gasteiger partial charge in [0.2, 0.25) is 0 Å². The van der Waals surface area contributed by atoms with Crippen LogP contribution in [0.1, 0.15) is 33.2 Å². The van der Waals surface area contributed by atoms with Gasteiger partial charge in [-0.2, -0.15) is 0 Å². The van der Waals surface area contributed by atoms with Gasteiger partial charge in [0.05, 0.1) is 0 Å². The van der Waals surface area contributed by atoms with E-state index in [-0.39, 0.29) is 11.9 Å². The minimum Gasteiger partial charge on any atom is -0.481 e. The fraction of sp³-hybridized carbons (Fsp3) is 0.0417. The minimum absolute atomic E-state index is 0.00847. The van der Waals surface area contributed by atoms with Gasteiger partial charge in [0, 0.05) is 16.7 Å². The van der Waals surface area contributed by atoms with Crippen LogP contribution in [-0.4, -0.2) is 5.78 Å². The van der Waals surface area contributed by atoms with Crippen molar-refractivity contribution in [3.05, 3.63) is 113 Å². The van der Waals surface area contributed by atoms with Crippen LogP contribution in [0.3, 0.4) is 0 Å². The predicted octanol–water partition coefficient (Wildman–Crippen LogP) is 5.73. The summed E-state index contributed by atoms with van der Waals surface area (Å²) in [5, 5.41) is 0. The van der Waals surface area contributed by atoms with Crippen LogP contribution in [-0.2, 0) is 0 Å². The highest BCUT2D eigenvalue weighted by molar-refractivity contribution is 6.06. The summed E-state index contributed by atoms with van der Waals surface area (Å²) >= 11 is 0. The second-order valence-corrected chi connectivity index (χ2v) is 6.13. The van der Waals surface area contributed by atoms with Crippen molar-refractivity contribution in [2.24, 2.45) is 0 Å². The zero-order chi connectivity index (χ0) is 17.8. The number of benzene rings is 3. The van der Waals surface area contributed by atoms with Crippen molar-refractivity contribution in [1.29, 1.82) is 0 Å². The third kappa shape index (κ3) is 3.35. The van der Waals surface area contributed by atoms with Crippen LogP contribution < -0.4 is 4.74 Å². The lowest BCUT2D eigenvalue weighted by molar-refractivity contribution is 0.104. The maximum Gasteiger partial charge on any atom is 0.185 e. The quantitative estimate of drug-likeness (QED) is 0.448. The van der Waals surface area contributed by atoms with Gasteiger partial charge < -0.3 is 4.74 Å². The van der Waals surface area contributed by atoms with Crippen molar-refractivity contribution < 1.29 is 9.53 Å². The third-order valence-electron chi connectivity index (χ3n) is 4.40. The predicted molar refractivity (Wildman–Crippen MR) is 105 cm³/mol. The molecule has 3 aromatic rings. The molecule has 0 aromatic heterocycles. The molecule has 3 aromatic carbocycles. The molecule has 1 aliphatic heterocycles. The number of carbonyl (C=O) groups is 1. The Morgan fingerprint density at radius 2 is 1.58 bits per heavy atom. The molecule has 26 heavy (non-hydrogen) atoms. The Labute approximate surface area is 153 Å². The summed E-state index contributed by atoms with van der Waals surface area (Å²) in [5.74, 6) is 0.866. The molecule has 2 heteroatoms. The van der Waals surface area contributed by atoms with E-state index in [1.165, 1.54) is 0 Å². The summed E-state index contributed by atoms with van der Waals surface area (Å²) in [5.41, 5.74) is 3.78. The molecule has 0 saturated heterocycles. The third-order valence-corrected chi connectivity index (χ3v) is 4.40. The SMILES string of the molecule is O=C(C=Cc1ccccc1C1C=Cc2ccccc2O1)c1ccccc1. The Kier molecular flexibility index (Phi) is 4.48. The van der Waals surface area contributed by atoms with Crippen LogP contribution >= 0.6 is 0 Å². The molecule has 1 heterocycles. The monoisotopic (exact) mass is 338 g/mol. The molecule has 0 amide bonds. The Balaban J connectivity index is 1.60. The summed E-state index contributed by atoms with van der Waals surface area (Å²) in [6, 6.07) is 25.3. The minimum atomic E-state index is -0.169. The van der Waals surface area contributed by atoms with E-state index >= 15 is 0 Å². The largest absolute Gasteiger partial charge is 0.481 e. The summed E-state index contributed by atoms with van der Waals surface area (Å²) in [7, 11) is 0. The highest BCUT2D eigenvalue weighted by Gasteiger charge is 2.18. The van der Waals surface area contributed by atoms with Crippen molar-refractivity contribution in [2.45, 2.75) is 6.10 Å². The van der Waals surface area contributed by atoms with E-state index in [0.29, 0.717) is 5.56 Å². The van der Waals surface area contributed by atoms with Gasteiger partial charge in [0.1, 0.15) is 11.9 Å². The van der Waals surface area contributed by atoms with Crippen molar-refractivity contribution in [2.75, 3.05) is 0 Å². The number of hydrogen-bond donors (Lipinski definition) is 0. The topological polar surface area (TPSA) is 26.3 Å². The molecular weight excluding hydrogens is 320 g/mol. The van der Waals surface area contributed by atoms with Crippen LogP contribution in [0.15, 0.2) is 91.0 Å². The lowest BCUT2D eigenvalue weighted by Gasteiger charge is -2.23. The second kappa shape index (κ2) is 7.24. The first-order valence-electron chi connectivity index (χ1n) is 8.61. The molecule has 126 valence electrons. The number of ether oxygens (including phenoxy) is 1. The van der Waals surface area contributed by atoms with Crippen molar-refractivity contribution in [3.8, 4) is 5.75 Å². The first kappa shape index (κ1) is 16.1. The molecule has 1 unspecified atom stereocenters. The summed E-state index contributed by atoms with van der Waals surface area (Å²) in [4.78, 5) is 12.3. The van der Waals surface area contributed by atoms with E-state index in [1.807, 2.05) is 91.0 Å². The van der Waals surface area contributed by atoms with Crippen LogP contribution in [0.25, 0.3) is 12.2 Å². The summed E-state index contributed by atoms with van der Waals surface area (Å²) < 4.78 is 6.14. The highest BCUT2D eigenvalue weighted by atomic mass is 16.5. The molecular formula is C24H18O2. The summed E-state index contributed by atoms with van der Waals surface area (Å²) in [6.45, 7) is 0. The standard InChI is InChI=1S/C24H18O2/c25-22(19-9-2-1-3-10-19)16-14-18-8-4-6-12-21(18)24-17-15-20-11-5-7-13-23(20)26-24/h1-17,24H. The Morgan fingerprint density at radius 3 is 2.46 bits per heavy atom. The molecule has 0 saturated carbocycles. The molecule has 1 aliphatic rings. The van der Waals surface area contributed by atoms with E-state index < -0.39 is 0 Å². The number of para-hydroxylation sites is 1. The second-order valence-electron chi connectivity index (χ2n) is 6.13. The van der Waals surface area contributed by atoms with E-state index in [2.05, 4.69) is 6.08 Å². The number of rotatable bonds is 4. The van der Waals surface area contributed by atoms with Gasteiger partial charge >= 0.3 is 0 Å². The molecule has 2 nitrogen and oxygen atoms in total. The fourth-order valence-electron chi connectivity index (χ4n) is 3.05. The van der Waals surface area contributed by atoms with Crippen LogP contribution in [0.2, 0.25) is 0 Å². The number of fused-ring (bicyclic) bond motifs is 1. The van der Waals surface area contributed by atoms with E-state index in [4.69, 9.17) is 4.74 Å². The van der Waals surface area contributed by atoms with Crippen LogP contribution in [0, 0.1) is 0 Å². The molecule has 0 bridgehead atoms. The first-order valence-corrected chi connectivity index (χ1v) is 8.61. The Bertz CT molecular complexity index is 984. The maximum absolute atomic E-state index is 12.3. The first-order chi connectivity index (χ1) is 12.8. The van der Waals surface area contributed by atoms with Crippen LogP contribution in [0.4, 0.5) is 0 Å². The average Bonchev–Trinajstić information content (AvgIpc) is 2.72. The molecule has 4 rings (SSSR count). The zero-order valence-electron chi connectivity index (χ0n) is 14.2. The molecule has 0 fully saturated rings. The zero-order valence-corrected chi connectivity index (χ0v) is 14.2. The molecule has 0 spiro atoms. The maximum atomic E-state index is 12.3. The van der Waals surface area contributed by atoms with Gasteiger partial charge in [-0.1, -0.05) is 84.9 Å². The Morgan fingerprint density at radius 1 is 0.846 bits per heavy atom. The van der Waals surface area contributed by atoms with Gasteiger partial charge in [-0.3, -0.25) is 4.79 Å². The molecule has 0 aliphatic carbocycles. The van der Waals surface area contributed by atoms with Crippen molar-refractivity contribution in [1.82, 2.24) is 0 Å². The lowest BCUT2D eigenvalue weighted by Crippen LogP contribution is -2.10. The van der Waals surface area contributed by atoms with Gasteiger partial charge in [-0.05, 0) is 23.8 Å². The molecule has 0 N–H and O–H groups in total. The molecule has 0 radical (unpaired) electrons. The normalized spacial score (nSPS) is 15.5. The van der Waals surface area contributed by atoms with E-state index in [0.717, 1.165) is 22.4 Å². The van der Waals surface area contributed by atoms with Crippen molar-refractivity contribution >= 4 is 17.9 Å². The molecule has 1 atom stereocenters. The fourth-order valence-corrected chi connectivity index (χ4v) is 3.05. The highest BCUT2D eigenvalue weighted by Crippen LogP contribution is 2.33. The smallest absolute Gasteiger partial charge is 0.185 e. The summed E-state index contributed by atoms with van der Waals surface area (Å²) in [6.07, 6.45) is 7.45. The number of allylic oxidation sites excluding steroid dienone is 1. The van der Waals surface area contributed by atoms with Crippen molar-refractivity contribution in [3.63, 3.8) is 0 Å². The van der Waals surface area contributed by atoms with Gasteiger partial charge in [-0.25, -0.2) is 0 Å². The average molecular weight is 338 g/mol.